The highest BCUT2D eigenvalue weighted by Gasteiger charge is 2.13. The van der Waals surface area contributed by atoms with Crippen molar-refractivity contribution in [3.05, 3.63) is 66.5 Å². The Hall–Kier alpha value is -3.32. The third-order valence-electron chi connectivity index (χ3n) is 4.12. The standard InChI is InChI=1S/C20H17N3O3S/c1-25-14-6-8-17(26-2)16(12-14)21-19(24)13-5-7-15-18(11-13)27-20(22-15)23-9-3-4-10-23/h3-12H,1-2H3,(H,21,24). The van der Waals surface area contributed by atoms with Crippen LogP contribution in [0.2, 0.25) is 0 Å². The second kappa shape index (κ2) is 7.13. The fourth-order valence-corrected chi connectivity index (χ4v) is 3.70. The number of amides is 1. The number of hydrogen-bond acceptors (Lipinski definition) is 5. The molecule has 0 unspecified atom stereocenters. The first-order valence-electron chi connectivity index (χ1n) is 8.25. The summed E-state index contributed by atoms with van der Waals surface area (Å²) in [4.78, 5) is 17.3. The maximum atomic E-state index is 12.7. The molecule has 0 atom stereocenters. The van der Waals surface area contributed by atoms with Crippen LogP contribution in [0.3, 0.4) is 0 Å². The van der Waals surface area contributed by atoms with E-state index in [-0.39, 0.29) is 5.91 Å². The zero-order valence-electron chi connectivity index (χ0n) is 14.8. The number of carbonyl (C=O) groups is 1. The summed E-state index contributed by atoms with van der Waals surface area (Å²) in [6.07, 6.45) is 3.89. The van der Waals surface area contributed by atoms with E-state index in [1.54, 1.807) is 38.5 Å². The molecule has 0 saturated heterocycles. The van der Waals surface area contributed by atoms with Crippen LogP contribution >= 0.6 is 11.3 Å². The van der Waals surface area contributed by atoms with Crippen molar-refractivity contribution in [1.82, 2.24) is 9.55 Å². The molecule has 0 bridgehead atoms. The summed E-state index contributed by atoms with van der Waals surface area (Å²) in [5, 5.41) is 3.75. The van der Waals surface area contributed by atoms with Crippen LogP contribution in [0.15, 0.2) is 60.9 Å². The molecule has 0 aliphatic rings. The van der Waals surface area contributed by atoms with E-state index >= 15 is 0 Å². The average Bonchev–Trinajstić information content (AvgIpc) is 3.36. The molecule has 4 aromatic rings. The number of thiazole rings is 1. The summed E-state index contributed by atoms with van der Waals surface area (Å²) >= 11 is 1.53. The molecule has 0 aliphatic carbocycles. The number of nitrogens with zero attached hydrogens (tertiary/aromatic N) is 2. The van der Waals surface area contributed by atoms with Gasteiger partial charge < -0.3 is 19.4 Å². The Labute approximate surface area is 160 Å². The summed E-state index contributed by atoms with van der Waals surface area (Å²) in [7, 11) is 3.14. The first kappa shape index (κ1) is 17.1. The minimum Gasteiger partial charge on any atom is -0.497 e. The lowest BCUT2D eigenvalue weighted by Gasteiger charge is -2.11. The monoisotopic (exact) mass is 379 g/mol. The van der Waals surface area contributed by atoms with Crippen LogP contribution in [0.4, 0.5) is 5.69 Å². The lowest BCUT2D eigenvalue weighted by molar-refractivity contribution is 0.102. The minimum atomic E-state index is -0.223. The molecule has 27 heavy (non-hydrogen) atoms. The van der Waals surface area contributed by atoms with Crippen molar-refractivity contribution in [2.75, 3.05) is 19.5 Å². The summed E-state index contributed by atoms with van der Waals surface area (Å²) in [5.41, 5.74) is 1.97. The van der Waals surface area contributed by atoms with Gasteiger partial charge in [-0.25, -0.2) is 4.98 Å². The zero-order chi connectivity index (χ0) is 18.8. The van der Waals surface area contributed by atoms with Gasteiger partial charge in [-0.3, -0.25) is 4.79 Å². The SMILES string of the molecule is COc1ccc(OC)c(NC(=O)c2ccc3nc(-n4cccc4)sc3c2)c1. The number of benzene rings is 2. The fourth-order valence-electron chi connectivity index (χ4n) is 2.73. The molecular formula is C20H17N3O3S. The van der Waals surface area contributed by atoms with Crippen LogP contribution in [0.5, 0.6) is 11.5 Å². The fraction of sp³-hybridized carbons (Fsp3) is 0.100. The van der Waals surface area contributed by atoms with E-state index in [0.717, 1.165) is 15.3 Å². The molecule has 7 heteroatoms. The molecule has 136 valence electrons. The lowest BCUT2D eigenvalue weighted by Crippen LogP contribution is -2.12. The maximum absolute atomic E-state index is 12.7. The van der Waals surface area contributed by atoms with Crippen LogP contribution in [0.1, 0.15) is 10.4 Å². The van der Waals surface area contributed by atoms with Gasteiger partial charge in [0.05, 0.1) is 30.1 Å². The summed E-state index contributed by atoms with van der Waals surface area (Å²) in [5.74, 6) is 0.984. The number of ether oxygens (including phenoxy) is 2. The van der Waals surface area contributed by atoms with Crippen LogP contribution in [0.25, 0.3) is 15.3 Å². The van der Waals surface area contributed by atoms with E-state index in [2.05, 4.69) is 10.3 Å². The second-order valence-corrected chi connectivity index (χ2v) is 6.80. The summed E-state index contributed by atoms with van der Waals surface area (Å²) in [6, 6.07) is 14.6. The molecule has 1 amide bonds. The predicted molar refractivity (Wildman–Crippen MR) is 106 cm³/mol. The molecule has 6 nitrogen and oxygen atoms in total. The van der Waals surface area contributed by atoms with Crippen molar-refractivity contribution >= 4 is 33.1 Å². The van der Waals surface area contributed by atoms with E-state index in [0.29, 0.717) is 22.7 Å². The lowest BCUT2D eigenvalue weighted by atomic mass is 10.2. The number of rotatable bonds is 5. The van der Waals surface area contributed by atoms with Gasteiger partial charge in [-0.2, -0.15) is 0 Å². The predicted octanol–water partition coefficient (Wildman–Crippen LogP) is 4.36. The Morgan fingerprint density at radius 1 is 1.07 bits per heavy atom. The third-order valence-corrected chi connectivity index (χ3v) is 5.15. The molecule has 2 aromatic carbocycles. The first-order chi connectivity index (χ1) is 13.2. The van der Waals surface area contributed by atoms with Gasteiger partial charge in [0.1, 0.15) is 11.5 Å². The van der Waals surface area contributed by atoms with Crippen LogP contribution in [0, 0.1) is 0 Å². The number of carbonyl (C=O) groups excluding carboxylic acids is 1. The molecule has 0 spiro atoms. The number of fused-ring (bicyclic) bond motifs is 1. The van der Waals surface area contributed by atoms with Crippen LogP contribution in [-0.2, 0) is 0 Å². The highest BCUT2D eigenvalue weighted by atomic mass is 32.1. The highest BCUT2D eigenvalue weighted by Crippen LogP contribution is 2.30. The Bertz CT molecular complexity index is 1100. The first-order valence-corrected chi connectivity index (χ1v) is 9.07. The van der Waals surface area contributed by atoms with E-state index in [4.69, 9.17) is 9.47 Å². The van der Waals surface area contributed by atoms with Crippen LogP contribution < -0.4 is 14.8 Å². The number of anilines is 1. The Kier molecular flexibility index (Phi) is 4.52. The van der Waals surface area contributed by atoms with Crippen molar-refractivity contribution in [2.24, 2.45) is 0 Å². The molecule has 2 heterocycles. The van der Waals surface area contributed by atoms with Crippen molar-refractivity contribution in [3.63, 3.8) is 0 Å². The Morgan fingerprint density at radius 3 is 2.63 bits per heavy atom. The van der Waals surface area contributed by atoms with E-state index in [1.165, 1.54) is 11.3 Å². The maximum Gasteiger partial charge on any atom is 0.255 e. The van der Waals surface area contributed by atoms with Gasteiger partial charge in [-0.15, -0.1) is 0 Å². The summed E-state index contributed by atoms with van der Waals surface area (Å²) < 4.78 is 13.4. The minimum absolute atomic E-state index is 0.223. The summed E-state index contributed by atoms with van der Waals surface area (Å²) in [6.45, 7) is 0. The van der Waals surface area contributed by atoms with Gasteiger partial charge in [0.25, 0.3) is 5.91 Å². The molecule has 2 aromatic heterocycles. The van der Waals surface area contributed by atoms with Crippen molar-refractivity contribution < 1.29 is 14.3 Å². The molecular weight excluding hydrogens is 362 g/mol. The van der Waals surface area contributed by atoms with Gasteiger partial charge in [0.2, 0.25) is 0 Å². The van der Waals surface area contributed by atoms with E-state index in [1.807, 2.05) is 41.2 Å². The zero-order valence-corrected chi connectivity index (χ0v) is 15.6. The number of nitrogens with one attached hydrogen (secondary N) is 1. The molecule has 0 fully saturated rings. The van der Waals surface area contributed by atoms with Gasteiger partial charge in [0.15, 0.2) is 5.13 Å². The quantitative estimate of drug-likeness (QED) is 0.560. The molecule has 0 radical (unpaired) electrons. The van der Waals surface area contributed by atoms with E-state index in [9.17, 15) is 4.79 Å². The highest BCUT2D eigenvalue weighted by molar-refractivity contribution is 7.20. The Balaban J connectivity index is 1.63. The molecule has 1 N–H and O–H groups in total. The number of aromatic nitrogens is 2. The van der Waals surface area contributed by atoms with E-state index < -0.39 is 0 Å². The normalized spacial score (nSPS) is 10.7. The Morgan fingerprint density at radius 2 is 1.89 bits per heavy atom. The van der Waals surface area contributed by atoms with Gasteiger partial charge >= 0.3 is 0 Å². The topological polar surface area (TPSA) is 65.4 Å². The number of hydrogen-bond donors (Lipinski definition) is 1. The van der Waals surface area contributed by atoms with Crippen LogP contribution in [-0.4, -0.2) is 29.7 Å². The average molecular weight is 379 g/mol. The third kappa shape index (κ3) is 3.37. The molecule has 0 saturated carbocycles. The van der Waals surface area contributed by atoms with Crippen molar-refractivity contribution in [3.8, 4) is 16.6 Å². The van der Waals surface area contributed by atoms with Crippen molar-refractivity contribution in [2.45, 2.75) is 0 Å². The molecule has 4 rings (SSSR count). The van der Waals surface area contributed by atoms with Gasteiger partial charge in [-0.1, -0.05) is 11.3 Å². The largest absolute Gasteiger partial charge is 0.497 e. The molecule has 0 aliphatic heterocycles. The number of methoxy groups -OCH3 is 2. The van der Waals surface area contributed by atoms with Crippen molar-refractivity contribution in [1.29, 1.82) is 0 Å². The smallest absolute Gasteiger partial charge is 0.255 e. The second-order valence-electron chi connectivity index (χ2n) is 5.79. The van der Waals surface area contributed by atoms with Gasteiger partial charge in [-0.05, 0) is 42.5 Å². The van der Waals surface area contributed by atoms with Gasteiger partial charge in [0, 0.05) is 24.0 Å².